The normalized spacial score (nSPS) is 19.1. The summed E-state index contributed by atoms with van der Waals surface area (Å²) >= 11 is 0. The predicted octanol–water partition coefficient (Wildman–Crippen LogP) is 2.73. The van der Waals surface area contributed by atoms with Crippen LogP contribution in [-0.2, 0) is 4.79 Å². The van der Waals surface area contributed by atoms with Crippen molar-refractivity contribution in [1.29, 1.82) is 0 Å². The van der Waals surface area contributed by atoms with Crippen LogP contribution >= 0.6 is 0 Å². The lowest BCUT2D eigenvalue weighted by Gasteiger charge is -2.34. The van der Waals surface area contributed by atoms with Crippen LogP contribution in [0.3, 0.4) is 0 Å². The van der Waals surface area contributed by atoms with Gasteiger partial charge >= 0.3 is 0 Å². The van der Waals surface area contributed by atoms with Gasteiger partial charge in [-0.25, -0.2) is 0 Å². The molecular formula is C12H23NO. The summed E-state index contributed by atoms with van der Waals surface area (Å²) in [5, 5.41) is 3.15. The second-order valence-electron chi connectivity index (χ2n) is 4.87. The van der Waals surface area contributed by atoms with Crippen LogP contribution in [0, 0.1) is 11.3 Å². The lowest BCUT2D eigenvalue weighted by Crippen LogP contribution is -2.44. The maximum atomic E-state index is 11.6. The van der Waals surface area contributed by atoms with Crippen molar-refractivity contribution in [3.8, 4) is 0 Å². The Morgan fingerprint density at radius 1 is 1.43 bits per heavy atom. The van der Waals surface area contributed by atoms with Crippen LogP contribution in [0.15, 0.2) is 0 Å². The standard InChI is InChI=1S/C12H23NO/c1-5-12(4,6-2)9(3)13-11(14)10-7-8-10/h9-10H,5-8H2,1-4H3,(H,13,14). The first-order chi connectivity index (χ1) is 6.53. The zero-order valence-corrected chi connectivity index (χ0v) is 9.89. The molecule has 1 amide bonds. The molecule has 1 N–H and O–H groups in total. The SMILES string of the molecule is CCC(C)(CC)C(C)NC(=O)C1CC1. The third kappa shape index (κ3) is 2.49. The Labute approximate surface area is 87.5 Å². The van der Waals surface area contributed by atoms with Crippen LogP contribution in [0.5, 0.6) is 0 Å². The van der Waals surface area contributed by atoms with E-state index < -0.39 is 0 Å². The summed E-state index contributed by atoms with van der Waals surface area (Å²) in [6.07, 6.45) is 4.42. The van der Waals surface area contributed by atoms with E-state index in [0.717, 1.165) is 25.7 Å². The summed E-state index contributed by atoms with van der Waals surface area (Å²) in [5.41, 5.74) is 0.255. The van der Waals surface area contributed by atoms with Gasteiger partial charge in [0.15, 0.2) is 0 Å². The van der Waals surface area contributed by atoms with E-state index in [1.165, 1.54) is 0 Å². The minimum Gasteiger partial charge on any atom is -0.353 e. The van der Waals surface area contributed by atoms with Crippen LogP contribution < -0.4 is 5.32 Å². The summed E-state index contributed by atoms with van der Waals surface area (Å²) in [7, 11) is 0. The van der Waals surface area contributed by atoms with E-state index in [0.29, 0.717) is 12.0 Å². The number of rotatable bonds is 5. The topological polar surface area (TPSA) is 29.1 Å². The van der Waals surface area contributed by atoms with Crippen LogP contribution in [0.1, 0.15) is 53.4 Å². The van der Waals surface area contributed by atoms with E-state index in [4.69, 9.17) is 0 Å². The molecule has 1 unspecified atom stereocenters. The molecule has 1 aliphatic rings. The number of hydrogen-bond acceptors (Lipinski definition) is 1. The maximum Gasteiger partial charge on any atom is 0.223 e. The average molecular weight is 197 g/mol. The number of hydrogen-bond donors (Lipinski definition) is 1. The van der Waals surface area contributed by atoms with Crippen molar-refractivity contribution in [2.75, 3.05) is 0 Å². The highest BCUT2D eigenvalue weighted by molar-refractivity contribution is 5.81. The highest BCUT2D eigenvalue weighted by Gasteiger charge is 2.34. The van der Waals surface area contributed by atoms with Gasteiger partial charge in [-0.05, 0) is 38.0 Å². The summed E-state index contributed by atoms with van der Waals surface area (Å²) in [5.74, 6) is 0.598. The molecule has 2 nitrogen and oxygen atoms in total. The van der Waals surface area contributed by atoms with E-state index in [1.54, 1.807) is 0 Å². The molecule has 0 aromatic carbocycles. The number of nitrogens with one attached hydrogen (secondary N) is 1. The van der Waals surface area contributed by atoms with Crippen molar-refractivity contribution in [3.63, 3.8) is 0 Å². The van der Waals surface area contributed by atoms with Crippen molar-refractivity contribution < 1.29 is 4.79 Å². The molecule has 1 rings (SSSR count). The lowest BCUT2D eigenvalue weighted by atomic mass is 9.78. The molecule has 0 saturated heterocycles. The predicted molar refractivity (Wildman–Crippen MR) is 59.0 cm³/mol. The molecule has 1 saturated carbocycles. The van der Waals surface area contributed by atoms with Gasteiger partial charge in [-0.2, -0.15) is 0 Å². The molecule has 1 aliphatic carbocycles. The van der Waals surface area contributed by atoms with E-state index >= 15 is 0 Å². The van der Waals surface area contributed by atoms with Gasteiger partial charge in [0.05, 0.1) is 0 Å². The molecule has 0 spiro atoms. The molecule has 0 aromatic rings. The van der Waals surface area contributed by atoms with Gasteiger partial charge in [0.1, 0.15) is 0 Å². The quantitative estimate of drug-likeness (QED) is 0.721. The monoisotopic (exact) mass is 197 g/mol. The molecular weight excluding hydrogens is 174 g/mol. The molecule has 0 aromatic heterocycles. The largest absolute Gasteiger partial charge is 0.353 e. The minimum absolute atomic E-state index is 0.255. The zero-order chi connectivity index (χ0) is 10.8. The summed E-state index contributed by atoms with van der Waals surface area (Å²) < 4.78 is 0. The van der Waals surface area contributed by atoms with Gasteiger partial charge in [0.25, 0.3) is 0 Å². The van der Waals surface area contributed by atoms with Crippen molar-refractivity contribution in [2.24, 2.45) is 11.3 Å². The lowest BCUT2D eigenvalue weighted by molar-refractivity contribution is -0.123. The Morgan fingerprint density at radius 2 is 1.93 bits per heavy atom. The first kappa shape index (κ1) is 11.5. The highest BCUT2D eigenvalue weighted by atomic mass is 16.2. The zero-order valence-electron chi connectivity index (χ0n) is 9.89. The first-order valence-corrected chi connectivity index (χ1v) is 5.84. The highest BCUT2D eigenvalue weighted by Crippen LogP contribution is 2.32. The Hall–Kier alpha value is -0.530. The Bertz CT molecular complexity index is 204. The molecule has 0 heterocycles. The summed E-state index contributed by atoms with van der Waals surface area (Å²) in [6.45, 7) is 8.78. The molecule has 0 aliphatic heterocycles. The summed E-state index contributed by atoms with van der Waals surface area (Å²) in [4.78, 5) is 11.6. The van der Waals surface area contributed by atoms with Crippen molar-refractivity contribution >= 4 is 5.91 Å². The van der Waals surface area contributed by atoms with Crippen LogP contribution in [0.2, 0.25) is 0 Å². The smallest absolute Gasteiger partial charge is 0.223 e. The minimum atomic E-state index is 0.255. The van der Waals surface area contributed by atoms with Crippen molar-refractivity contribution in [1.82, 2.24) is 5.32 Å². The third-order valence-electron chi connectivity index (χ3n) is 3.97. The molecule has 14 heavy (non-hydrogen) atoms. The van der Waals surface area contributed by atoms with Gasteiger partial charge in [0, 0.05) is 12.0 Å². The van der Waals surface area contributed by atoms with E-state index in [9.17, 15) is 4.79 Å². The Morgan fingerprint density at radius 3 is 2.29 bits per heavy atom. The van der Waals surface area contributed by atoms with Gasteiger partial charge in [0.2, 0.25) is 5.91 Å². The molecule has 82 valence electrons. The van der Waals surface area contributed by atoms with Gasteiger partial charge in [-0.15, -0.1) is 0 Å². The second kappa shape index (κ2) is 4.33. The molecule has 1 atom stereocenters. The van der Waals surface area contributed by atoms with Crippen LogP contribution in [-0.4, -0.2) is 11.9 Å². The summed E-state index contributed by atoms with van der Waals surface area (Å²) in [6, 6.07) is 0.297. The van der Waals surface area contributed by atoms with Crippen LogP contribution in [0.4, 0.5) is 0 Å². The average Bonchev–Trinajstić information content (AvgIpc) is 2.99. The van der Waals surface area contributed by atoms with Gasteiger partial charge < -0.3 is 5.32 Å². The third-order valence-corrected chi connectivity index (χ3v) is 3.97. The molecule has 2 heteroatoms. The van der Waals surface area contributed by atoms with Crippen molar-refractivity contribution in [3.05, 3.63) is 0 Å². The van der Waals surface area contributed by atoms with E-state index in [1.807, 2.05) is 0 Å². The van der Waals surface area contributed by atoms with Gasteiger partial charge in [-0.1, -0.05) is 20.8 Å². The number of carbonyl (C=O) groups excluding carboxylic acids is 1. The molecule has 0 bridgehead atoms. The fraction of sp³-hybridized carbons (Fsp3) is 0.917. The van der Waals surface area contributed by atoms with Crippen molar-refractivity contribution in [2.45, 2.75) is 59.4 Å². The first-order valence-electron chi connectivity index (χ1n) is 5.84. The fourth-order valence-electron chi connectivity index (χ4n) is 1.71. The van der Waals surface area contributed by atoms with Crippen LogP contribution in [0.25, 0.3) is 0 Å². The van der Waals surface area contributed by atoms with E-state index in [-0.39, 0.29) is 11.3 Å². The number of amides is 1. The van der Waals surface area contributed by atoms with Gasteiger partial charge in [-0.3, -0.25) is 4.79 Å². The Balaban J connectivity index is 2.45. The molecule has 0 radical (unpaired) electrons. The number of carbonyl (C=O) groups is 1. The Kier molecular flexibility index (Phi) is 3.57. The maximum absolute atomic E-state index is 11.6. The fourth-order valence-corrected chi connectivity index (χ4v) is 1.71. The molecule has 1 fully saturated rings. The van der Waals surface area contributed by atoms with E-state index in [2.05, 4.69) is 33.0 Å². The second-order valence-corrected chi connectivity index (χ2v) is 4.87.